The molecular weight excluding hydrogens is 562 g/mol. The van der Waals surface area contributed by atoms with Crippen molar-refractivity contribution in [3.8, 4) is 5.75 Å². The van der Waals surface area contributed by atoms with Crippen molar-refractivity contribution in [3.63, 3.8) is 0 Å². The number of hydrogen-bond donors (Lipinski definition) is 0. The quantitative estimate of drug-likeness (QED) is 0.176. The maximum absolute atomic E-state index is 13.9. The monoisotopic (exact) mass is 607 g/mol. The van der Waals surface area contributed by atoms with Crippen LogP contribution < -0.4 is 4.74 Å². The van der Waals surface area contributed by atoms with Crippen molar-refractivity contribution in [2.24, 2.45) is 11.8 Å². The van der Waals surface area contributed by atoms with Gasteiger partial charge in [0.15, 0.2) is 0 Å². The van der Waals surface area contributed by atoms with Crippen LogP contribution in [-0.2, 0) is 35.2 Å². The average Bonchev–Trinajstić information content (AvgIpc) is 2.93. The summed E-state index contributed by atoms with van der Waals surface area (Å²) in [4.78, 5) is 54.7. The minimum atomic E-state index is -1.46. The van der Waals surface area contributed by atoms with Crippen molar-refractivity contribution in [1.29, 1.82) is 0 Å². The Bertz CT molecular complexity index is 1350. The fraction of sp³-hybridized carbons (Fsp3) is 0.529. The van der Waals surface area contributed by atoms with Gasteiger partial charge in [-0.25, -0.2) is 0 Å². The van der Waals surface area contributed by atoms with Gasteiger partial charge in [0, 0.05) is 46.3 Å². The molecule has 2 unspecified atom stereocenters. The van der Waals surface area contributed by atoms with Gasteiger partial charge in [-0.3, -0.25) is 19.2 Å². The molecule has 232 valence electrons. The van der Waals surface area contributed by atoms with Gasteiger partial charge in [-0.2, -0.15) is 0 Å². The average molecular weight is 608 g/mol. The third kappa shape index (κ3) is 7.55. The van der Waals surface area contributed by atoms with E-state index in [2.05, 4.69) is 19.6 Å². The largest absolute Gasteiger partial charge is 0.466 e. The third-order valence-corrected chi connectivity index (χ3v) is 10.3. The Hall–Kier alpha value is -3.46. The molecule has 5 rings (SSSR count). The van der Waals surface area contributed by atoms with Gasteiger partial charge >= 0.3 is 17.9 Å². The molecule has 0 saturated heterocycles. The number of rotatable bonds is 11. The Kier molecular flexibility index (Phi) is 10.2. The van der Waals surface area contributed by atoms with E-state index in [0.717, 1.165) is 28.3 Å². The second-order valence-electron chi connectivity index (χ2n) is 13.1. The Labute approximate surface area is 256 Å². The van der Waals surface area contributed by atoms with E-state index in [-0.39, 0.29) is 24.5 Å². The summed E-state index contributed by atoms with van der Waals surface area (Å²) in [7, 11) is -1.46. The van der Waals surface area contributed by atoms with Crippen molar-refractivity contribution in [2.45, 2.75) is 90.6 Å². The number of carbonyl (C=O) groups excluding carboxylic acids is 4. The molecule has 1 saturated carbocycles. The molecule has 5 atom stereocenters. The molecule has 0 aromatic heterocycles. The van der Waals surface area contributed by atoms with Crippen molar-refractivity contribution in [2.75, 3.05) is 13.2 Å². The highest BCUT2D eigenvalue weighted by Crippen LogP contribution is 2.58. The zero-order chi connectivity index (χ0) is 31.5. The summed E-state index contributed by atoms with van der Waals surface area (Å²) in [5.41, 5.74) is 3.82. The van der Waals surface area contributed by atoms with Crippen molar-refractivity contribution < 1.29 is 33.4 Å². The molecule has 0 radical (unpaired) electrons. The third-order valence-electron chi connectivity index (χ3n) is 8.56. The van der Waals surface area contributed by atoms with Crippen molar-refractivity contribution >= 4 is 31.9 Å². The molecule has 0 aliphatic heterocycles. The van der Waals surface area contributed by atoms with Gasteiger partial charge in [0.05, 0.1) is 25.0 Å². The number of hydrogen-bond acceptors (Lipinski definition) is 7. The molecular formula is C34H45NO7Si. The van der Waals surface area contributed by atoms with Crippen LogP contribution in [-0.4, -0.2) is 56.0 Å². The van der Waals surface area contributed by atoms with Gasteiger partial charge in [0.25, 0.3) is 0 Å². The number of esters is 3. The second kappa shape index (κ2) is 13.5. The first-order chi connectivity index (χ1) is 20.3. The summed E-state index contributed by atoms with van der Waals surface area (Å²) in [6, 6.07) is 13.9. The maximum Gasteiger partial charge on any atom is 0.310 e. The molecule has 43 heavy (non-hydrogen) atoms. The predicted octanol–water partition coefficient (Wildman–Crippen LogP) is 5.99. The zero-order valence-electron chi connectivity index (χ0n) is 26.5. The van der Waals surface area contributed by atoms with Gasteiger partial charge in [0.1, 0.15) is 5.75 Å². The standard InChI is InChI=1S/C34H45NO7Si/c1-8-15-40-34(39)32-30-27-18-25(42-23(4)37)13-14-26(27)28(31(32)33(38)41-16-17-43(5,6)7)19-29(30)35(22(3)36)20-24-11-9-21(2)10-12-24/h9-14,18,28-32H,8,15-17,19-20H2,1-7H3/t28?,29?,30-,31-,32-/m1/s1. The highest BCUT2D eigenvalue weighted by atomic mass is 28.3. The number of fused-ring (bicyclic) bond motifs is 2. The van der Waals surface area contributed by atoms with Crippen LogP contribution in [0.2, 0.25) is 25.7 Å². The number of ether oxygens (including phenoxy) is 3. The molecule has 9 heteroatoms. The molecule has 2 aromatic carbocycles. The van der Waals surface area contributed by atoms with Crippen LogP contribution in [0.15, 0.2) is 42.5 Å². The molecule has 0 heterocycles. The molecule has 0 spiro atoms. The van der Waals surface area contributed by atoms with Crippen LogP contribution in [0.3, 0.4) is 0 Å². The Morgan fingerprint density at radius 1 is 0.884 bits per heavy atom. The first-order valence-corrected chi connectivity index (χ1v) is 19.0. The van der Waals surface area contributed by atoms with E-state index >= 15 is 0 Å². The molecule has 2 aromatic rings. The summed E-state index contributed by atoms with van der Waals surface area (Å²) in [6.07, 6.45) is 1.14. The van der Waals surface area contributed by atoms with Gasteiger partial charge in [-0.05, 0) is 54.6 Å². The highest BCUT2D eigenvalue weighted by molar-refractivity contribution is 6.76. The lowest BCUT2D eigenvalue weighted by Gasteiger charge is -2.54. The summed E-state index contributed by atoms with van der Waals surface area (Å²) < 4.78 is 17.0. The lowest BCUT2D eigenvalue weighted by Crippen LogP contribution is -2.57. The lowest BCUT2D eigenvalue weighted by molar-refractivity contribution is -0.168. The topological polar surface area (TPSA) is 99.2 Å². The summed E-state index contributed by atoms with van der Waals surface area (Å²) in [5.74, 6) is -3.60. The van der Waals surface area contributed by atoms with E-state index in [1.165, 1.54) is 6.92 Å². The van der Waals surface area contributed by atoms with Gasteiger partial charge in [0.2, 0.25) is 5.91 Å². The van der Waals surface area contributed by atoms with Crippen molar-refractivity contribution in [1.82, 2.24) is 4.90 Å². The SMILES string of the molecule is CCCOC(=O)[C@H]1[C@H](C(=O)OCC[Si](C)(C)C)C2CC(N(Cc3ccc(C)cc3)C(C)=O)[C@H]1c1cc(OC(C)=O)ccc12. The molecule has 1 amide bonds. The van der Waals surface area contributed by atoms with Crippen LogP contribution in [0.25, 0.3) is 0 Å². The molecule has 3 aliphatic carbocycles. The summed E-state index contributed by atoms with van der Waals surface area (Å²) >= 11 is 0. The fourth-order valence-electron chi connectivity index (χ4n) is 6.53. The molecule has 8 nitrogen and oxygen atoms in total. The molecule has 3 aliphatic rings. The zero-order valence-corrected chi connectivity index (χ0v) is 27.5. The van der Waals surface area contributed by atoms with E-state index in [1.54, 1.807) is 19.1 Å². The normalized spacial score (nSPS) is 22.3. The first-order valence-electron chi connectivity index (χ1n) is 15.3. The van der Waals surface area contributed by atoms with Gasteiger partial charge in [-0.15, -0.1) is 0 Å². The highest BCUT2D eigenvalue weighted by Gasteiger charge is 2.59. The molecule has 2 bridgehead atoms. The van der Waals surface area contributed by atoms with Gasteiger partial charge in [-0.1, -0.05) is 62.5 Å². The van der Waals surface area contributed by atoms with Crippen LogP contribution in [0.5, 0.6) is 5.75 Å². The first kappa shape index (κ1) is 32.5. The minimum absolute atomic E-state index is 0.120. The number of amides is 1. The van der Waals surface area contributed by atoms with E-state index in [4.69, 9.17) is 14.2 Å². The minimum Gasteiger partial charge on any atom is -0.466 e. The maximum atomic E-state index is 13.9. The summed E-state index contributed by atoms with van der Waals surface area (Å²) in [6.45, 7) is 14.4. The van der Waals surface area contributed by atoms with E-state index < -0.39 is 43.7 Å². The second-order valence-corrected chi connectivity index (χ2v) is 18.8. The lowest BCUT2D eigenvalue weighted by atomic mass is 9.54. The van der Waals surface area contributed by atoms with Crippen LogP contribution >= 0.6 is 0 Å². The number of aryl methyl sites for hydroxylation is 1. The number of nitrogens with zero attached hydrogens (tertiary/aromatic N) is 1. The van der Waals surface area contributed by atoms with E-state index in [9.17, 15) is 19.2 Å². The molecule has 0 N–H and O–H groups in total. The van der Waals surface area contributed by atoms with Crippen LogP contribution in [0.1, 0.15) is 67.7 Å². The van der Waals surface area contributed by atoms with Gasteiger partial charge < -0.3 is 19.1 Å². The number of benzene rings is 2. The van der Waals surface area contributed by atoms with Crippen LogP contribution in [0, 0.1) is 18.8 Å². The Morgan fingerprint density at radius 3 is 2.14 bits per heavy atom. The Balaban J connectivity index is 1.81. The van der Waals surface area contributed by atoms with Crippen LogP contribution in [0.4, 0.5) is 0 Å². The smallest absolute Gasteiger partial charge is 0.310 e. The van der Waals surface area contributed by atoms with Crippen molar-refractivity contribution in [3.05, 3.63) is 64.7 Å². The fourth-order valence-corrected chi connectivity index (χ4v) is 7.24. The number of carbonyl (C=O) groups is 4. The Morgan fingerprint density at radius 2 is 1.53 bits per heavy atom. The summed E-state index contributed by atoms with van der Waals surface area (Å²) in [5, 5.41) is 0. The van der Waals surface area contributed by atoms with E-state index in [0.29, 0.717) is 31.7 Å². The predicted molar refractivity (Wildman–Crippen MR) is 166 cm³/mol. The molecule has 1 fully saturated rings. The van der Waals surface area contributed by atoms with E-state index in [1.807, 2.05) is 49.1 Å².